The molecular weight excluding hydrogens is 236 g/mol. The van der Waals surface area contributed by atoms with Gasteiger partial charge in [-0.05, 0) is 24.2 Å². The largest absolute Gasteiger partial charge is 0.480 e. The number of hydrogen-bond acceptors (Lipinski definition) is 3. The van der Waals surface area contributed by atoms with Crippen LogP contribution in [0.15, 0.2) is 0 Å². The molecule has 18 heavy (non-hydrogen) atoms. The highest BCUT2D eigenvalue weighted by Crippen LogP contribution is 2.51. The number of carboxylic acid groups (broad SMARTS) is 1. The van der Waals surface area contributed by atoms with Gasteiger partial charge in [-0.15, -0.1) is 0 Å². The third-order valence-electron chi connectivity index (χ3n) is 3.74. The Labute approximate surface area is 107 Å². The van der Waals surface area contributed by atoms with Crippen LogP contribution in [0.5, 0.6) is 0 Å². The summed E-state index contributed by atoms with van der Waals surface area (Å²) in [7, 11) is 0. The lowest BCUT2D eigenvalue weighted by Gasteiger charge is -2.21. The minimum absolute atomic E-state index is 0.0120. The number of carbonyl (C=O) groups excluding carboxylic acids is 1. The van der Waals surface area contributed by atoms with Crippen molar-refractivity contribution >= 4 is 12.0 Å². The van der Waals surface area contributed by atoms with Gasteiger partial charge in [0, 0.05) is 19.6 Å². The van der Waals surface area contributed by atoms with Crippen molar-refractivity contribution in [3.63, 3.8) is 0 Å². The van der Waals surface area contributed by atoms with Gasteiger partial charge in [-0.25, -0.2) is 9.59 Å². The molecule has 1 saturated carbocycles. The first kappa shape index (κ1) is 14.8. The Morgan fingerprint density at radius 3 is 2.33 bits per heavy atom. The van der Waals surface area contributed by atoms with Crippen molar-refractivity contribution < 1.29 is 19.8 Å². The first-order valence-corrected chi connectivity index (χ1v) is 6.29. The van der Waals surface area contributed by atoms with Gasteiger partial charge in [0.2, 0.25) is 0 Å². The van der Waals surface area contributed by atoms with E-state index in [1.165, 1.54) is 0 Å². The van der Waals surface area contributed by atoms with Crippen LogP contribution in [0.2, 0.25) is 0 Å². The molecule has 1 rings (SSSR count). The molecule has 2 amide bonds. The molecule has 1 aliphatic rings. The maximum Gasteiger partial charge on any atom is 0.326 e. The molecule has 0 saturated heterocycles. The number of aliphatic hydroxyl groups excluding tert-OH is 1. The Bertz CT molecular complexity index is 313. The highest BCUT2D eigenvalue weighted by molar-refractivity contribution is 5.82. The second kappa shape index (κ2) is 6.04. The molecule has 0 bridgehead atoms. The maximum atomic E-state index is 11.6. The summed E-state index contributed by atoms with van der Waals surface area (Å²) in [5.74, 6) is -0.630. The van der Waals surface area contributed by atoms with Crippen LogP contribution in [0.4, 0.5) is 4.79 Å². The van der Waals surface area contributed by atoms with Crippen LogP contribution in [0, 0.1) is 11.3 Å². The predicted octanol–water partition coefficient (Wildman–Crippen LogP) is 0.557. The summed E-state index contributed by atoms with van der Waals surface area (Å²) in [6.45, 7) is 4.55. The number of carboxylic acids is 1. The lowest BCUT2D eigenvalue weighted by atomic mass is 9.92. The number of rotatable bonds is 7. The van der Waals surface area contributed by atoms with E-state index in [0.29, 0.717) is 12.5 Å². The molecule has 0 spiro atoms. The molecule has 1 atom stereocenters. The number of amides is 2. The van der Waals surface area contributed by atoms with Crippen LogP contribution in [-0.2, 0) is 4.79 Å². The summed E-state index contributed by atoms with van der Waals surface area (Å²) >= 11 is 0. The van der Waals surface area contributed by atoms with Crippen molar-refractivity contribution in [3.05, 3.63) is 0 Å². The Morgan fingerprint density at radius 2 is 1.94 bits per heavy atom. The van der Waals surface area contributed by atoms with Gasteiger partial charge in [0.05, 0.1) is 0 Å². The molecule has 0 aliphatic heterocycles. The van der Waals surface area contributed by atoms with Gasteiger partial charge in [0.15, 0.2) is 0 Å². The first-order valence-electron chi connectivity index (χ1n) is 6.29. The van der Waals surface area contributed by atoms with Crippen LogP contribution in [0.1, 0.15) is 33.1 Å². The normalized spacial score (nSPS) is 18.2. The number of nitrogens with one attached hydrogen (secondary N) is 2. The van der Waals surface area contributed by atoms with Crippen LogP contribution in [0.25, 0.3) is 0 Å². The Morgan fingerprint density at radius 1 is 1.33 bits per heavy atom. The van der Waals surface area contributed by atoms with Gasteiger partial charge < -0.3 is 20.8 Å². The lowest BCUT2D eigenvalue weighted by molar-refractivity contribution is -0.139. The van der Waals surface area contributed by atoms with E-state index in [2.05, 4.69) is 24.5 Å². The number of urea groups is 1. The van der Waals surface area contributed by atoms with Crippen LogP contribution < -0.4 is 10.6 Å². The molecule has 104 valence electrons. The number of carbonyl (C=O) groups is 2. The van der Waals surface area contributed by atoms with E-state index in [1.807, 2.05) is 0 Å². The molecule has 0 heterocycles. The summed E-state index contributed by atoms with van der Waals surface area (Å²) in [6.07, 6.45) is 2.21. The van der Waals surface area contributed by atoms with E-state index in [0.717, 1.165) is 12.8 Å². The zero-order valence-electron chi connectivity index (χ0n) is 10.9. The molecule has 1 fully saturated rings. The number of hydrogen-bond donors (Lipinski definition) is 4. The van der Waals surface area contributed by atoms with Crippen molar-refractivity contribution in [2.75, 3.05) is 13.2 Å². The zero-order chi connectivity index (χ0) is 13.8. The van der Waals surface area contributed by atoms with Crippen molar-refractivity contribution in [2.45, 2.75) is 39.2 Å². The van der Waals surface area contributed by atoms with Gasteiger partial charge in [0.25, 0.3) is 0 Å². The average Bonchev–Trinajstić information content (AvgIpc) is 3.06. The summed E-state index contributed by atoms with van der Waals surface area (Å²) in [5, 5.41) is 22.6. The maximum absolute atomic E-state index is 11.6. The second-order valence-corrected chi connectivity index (χ2v) is 5.25. The van der Waals surface area contributed by atoms with Crippen LogP contribution in [-0.4, -0.2) is 41.4 Å². The minimum Gasteiger partial charge on any atom is -0.480 e. The molecule has 0 unspecified atom stereocenters. The monoisotopic (exact) mass is 258 g/mol. The zero-order valence-corrected chi connectivity index (χ0v) is 10.9. The van der Waals surface area contributed by atoms with E-state index >= 15 is 0 Å². The van der Waals surface area contributed by atoms with Gasteiger partial charge >= 0.3 is 12.0 Å². The molecular formula is C12H22N2O4. The summed E-state index contributed by atoms with van der Waals surface area (Å²) in [4.78, 5) is 22.4. The second-order valence-electron chi connectivity index (χ2n) is 5.25. The third kappa shape index (κ3) is 3.87. The Hall–Kier alpha value is -1.30. The molecule has 0 aromatic carbocycles. The molecule has 1 aliphatic carbocycles. The molecule has 6 heteroatoms. The summed E-state index contributed by atoms with van der Waals surface area (Å²) in [5.41, 5.74) is 0.188. The minimum atomic E-state index is -1.14. The van der Waals surface area contributed by atoms with Gasteiger partial charge in [-0.1, -0.05) is 13.8 Å². The topological polar surface area (TPSA) is 98.7 Å². The molecule has 0 radical (unpaired) electrons. The van der Waals surface area contributed by atoms with Crippen molar-refractivity contribution in [1.29, 1.82) is 0 Å². The van der Waals surface area contributed by atoms with Crippen LogP contribution in [0.3, 0.4) is 0 Å². The Kier molecular flexibility index (Phi) is 4.95. The first-order chi connectivity index (χ1) is 8.41. The van der Waals surface area contributed by atoms with E-state index in [4.69, 9.17) is 10.2 Å². The quantitative estimate of drug-likeness (QED) is 0.536. The van der Waals surface area contributed by atoms with E-state index < -0.39 is 18.0 Å². The van der Waals surface area contributed by atoms with Gasteiger partial charge in [0.1, 0.15) is 6.04 Å². The van der Waals surface area contributed by atoms with E-state index in [1.54, 1.807) is 0 Å². The number of aliphatic hydroxyl groups is 1. The van der Waals surface area contributed by atoms with Gasteiger partial charge in [-0.2, -0.15) is 0 Å². The molecule has 6 nitrogen and oxygen atoms in total. The highest BCUT2D eigenvalue weighted by Gasteiger charge is 2.45. The summed E-state index contributed by atoms with van der Waals surface area (Å²) in [6, 6.07) is -1.52. The van der Waals surface area contributed by atoms with E-state index in [-0.39, 0.29) is 18.4 Å². The van der Waals surface area contributed by atoms with Crippen molar-refractivity contribution in [2.24, 2.45) is 11.3 Å². The lowest BCUT2D eigenvalue weighted by Crippen LogP contribution is -2.48. The van der Waals surface area contributed by atoms with Crippen LogP contribution >= 0.6 is 0 Å². The Balaban J connectivity index is 2.35. The van der Waals surface area contributed by atoms with Gasteiger partial charge in [-0.3, -0.25) is 0 Å². The third-order valence-corrected chi connectivity index (χ3v) is 3.74. The predicted molar refractivity (Wildman–Crippen MR) is 66.2 cm³/mol. The SMILES string of the molecule is CC(C)C1(CNC(=O)N[C@H](CCO)C(=O)O)CC1. The van der Waals surface area contributed by atoms with Crippen molar-refractivity contribution in [1.82, 2.24) is 10.6 Å². The smallest absolute Gasteiger partial charge is 0.326 e. The van der Waals surface area contributed by atoms with E-state index in [9.17, 15) is 9.59 Å². The fourth-order valence-electron chi connectivity index (χ4n) is 1.97. The molecule has 0 aromatic heterocycles. The van der Waals surface area contributed by atoms with Crippen molar-refractivity contribution in [3.8, 4) is 0 Å². The highest BCUT2D eigenvalue weighted by atomic mass is 16.4. The average molecular weight is 258 g/mol. The number of aliphatic carboxylic acids is 1. The molecule has 0 aromatic rings. The fourth-order valence-corrected chi connectivity index (χ4v) is 1.97. The standard InChI is InChI=1S/C12H22N2O4/c1-8(2)12(4-5-12)7-13-11(18)14-9(3-6-15)10(16)17/h8-9,15H,3-7H2,1-2H3,(H,16,17)(H2,13,14,18)/t9-/m1/s1. The summed E-state index contributed by atoms with van der Waals surface area (Å²) < 4.78 is 0. The fraction of sp³-hybridized carbons (Fsp3) is 0.833. The molecule has 4 N–H and O–H groups in total.